The molecule has 36 heavy (non-hydrogen) atoms. The van der Waals surface area contributed by atoms with Crippen LogP contribution in [0, 0.1) is 23.6 Å². The number of carbonyl (C=O) groups is 1. The Morgan fingerprint density at radius 3 is 2.39 bits per heavy atom. The number of hydrogen-bond acceptors (Lipinski definition) is 4. The quantitative estimate of drug-likeness (QED) is 0.473. The number of aromatic hydroxyl groups is 1. The zero-order valence-electron chi connectivity index (χ0n) is 20.4. The Morgan fingerprint density at radius 2 is 1.69 bits per heavy atom. The molecule has 0 aromatic heterocycles. The molecule has 2 aromatic carbocycles. The molecule has 0 unspecified atom stereocenters. The summed E-state index contributed by atoms with van der Waals surface area (Å²) in [6.07, 6.45) is 11.3. The van der Waals surface area contributed by atoms with Gasteiger partial charge < -0.3 is 10.0 Å². The maximum absolute atomic E-state index is 15.2. The molecule has 5 fully saturated rings. The minimum Gasteiger partial charge on any atom is -0.505 e. The fourth-order valence-electron chi connectivity index (χ4n) is 8.01. The highest BCUT2D eigenvalue weighted by atomic mass is 32.2. The topological polar surface area (TPSA) is 52.9 Å². The molecular formula is C30H31FN2O2S. The molecule has 4 bridgehead atoms. The molecule has 4 saturated carbocycles. The second kappa shape index (κ2) is 8.47. The minimum absolute atomic E-state index is 0.0918. The number of thioether (sulfide) groups is 1. The van der Waals surface area contributed by atoms with Gasteiger partial charge in [0.2, 0.25) is 0 Å². The Balaban J connectivity index is 1.20. The third-order valence-corrected chi connectivity index (χ3v) is 10.2. The lowest BCUT2D eigenvalue weighted by atomic mass is 9.48. The molecule has 6 heteroatoms. The van der Waals surface area contributed by atoms with E-state index in [4.69, 9.17) is 0 Å². The van der Waals surface area contributed by atoms with Crippen LogP contribution in [0.15, 0.2) is 46.3 Å². The molecule has 1 N–H and O–H groups in total. The Kier molecular flexibility index (Phi) is 5.32. The highest BCUT2D eigenvalue weighted by Crippen LogP contribution is 2.62. The third-order valence-electron chi connectivity index (χ3n) is 9.18. The fraction of sp³-hybridized carbons (Fsp3) is 0.467. The summed E-state index contributed by atoms with van der Waals surface area (Å²) in [7, 11) is 0. The monoisotopic (exact) mass is 502 g/mol. The van der Waals surface area contributed by atoms with Crippen LogP contribution in [0.2, 0.25) is 0 Å². The molecular weight excluding hydrogens is 471 g/mol. The first-order valence-corrected chi connectivity index (χ1v) is 14.2. The van der Waals surface area contributed by atoms with Crippen molar-refractivity contribution in [2.24, 2.45) is 22.7 Å². The van der Waals surface area contributed by atoms with Gasteiger partial charge in [-0.25, -0.2) is 4.39 Å². The van der Waals surface area contributed by atoms with Crippen LogP contribution in [0.3, 0.4) is 0 Å². The number of hydrogen-bond donors (Lipinski definition) is 1. The van der Waals surface area contributed by atoms with Crippen LogP contribution in [0.4, 0.5) is 4.39 Å². The lowest BCUT2D eigenvalue weighted by Gasteiger charge is -2.57. The molecule has 2 aromatic rings. The summed E-state index contributed by atoms with van der Waals surface area (Å²) >= 11 is 1.45. The van der Waals surface area contributed by atoms with E-state index in [-0.39, 0.29) is 17.1 Å². The first-order valence-electron chi connectivity index (χ1n) is 13.4. The Labute approximate surface area is 215 Å². The predicted octanol–water partition coefficient (Wildman–Crippen LogP) is 6.73. The zero-order valence-corrected chi connectivity index (χ0v) is 21.2. The van der Waals surface area contributed by atoms with Crippen molar-refractivity contribution in [3.8, 4) is 16.9 Å². The number of benzene rings is 2. The Bertz CT molecular complexity index is 1270. The number of phenolic OH excluding ortho intramolecular Hbond substituents is 1. The number of phenols is 1. The van der Waals surface area contributed by atoms with Crippen molar-refractivity contribution in [1.29, 1.82) is 0 Å². The molecule has 0 atom stereocenters. The van der Waals surface area contributed by atoms with Gasteiger partial charge in [-0.1, -0.05) is 18.2 Å². The minimum atomic E-state index is -0.535. The van der Waals surface area contributed by atoms with E-state index in [1.165, 1.54) is 37.1 Å². The van der Waals surface area contributed by atoms with Crippen molar-refractivity contribution in [3.05, 3.63) is 58.2 Å². The van der Waals surface area contributed by atoms with Crippen LogP contribution < -0.4 is 0 Å². The average molecular weight is 503 g/mol. The van der Waals surface area contributed by atoms with Crippen molar-refractivity contribution >= 4 is 28.9 Å². The van der Waals surface area contributed by atoms with Crippen LogP contribution in [-0.2, 0) is 10.2 Å². The molecule has 4 nitrogen and oxygen atoms in total. The van der Waals surface area contributed by atoms with Gasteiger partial charge >= 0.3 is 0 Å². The van der Waals surface area contributed by atoms with Crippen LogP contribution in [-0.4, -0.2) is 34.2 Å². The number of halogens is 1. The van der Waals surface area contributed by atoms with Crippen molar-refractivity contribution < 1.29 is 14.3 Å². The zero-order chi connectivity index (χ0) is 24.4. The number of amidine groups is 1. The highest BCUT2D eigenvalue weighted by molar-refractivity contribution is 8.18. The molecule has 2 aliphatic heterocycles. The first-order chi connectivity index (χ1) is 17.5. The van der Waals surface area contributed by atoms with E-state index in [1.54, 1.807) is 0 Å². The molecule has 1 amide bonds. The second-order valence-corrected chi connectivity index (χ2v) is 12.7. The predicted molar refractivity (Wildman–Crippen MR) is 142 cm³/mol. The fourth-order valence-corrected chi connectivity index (χ4v) is 8.98. The van der Waals surface area contributed by atoms with Crippen molar-refractivity contribution in [1.82, 2.24) is 4.90 Å². The summed E-state index contributed by atoms with van der Waals surface area (Å²) < 4.78 is 15.2. The number of aliphatic imine (C=N–C) groups is 1. The lowest BCUT2D eigenvalue weighted by molar-refractivity contribution is -0.113. The summed E-state index contributed by atoms with van der Waals surface area (Å²) in [5, 5.41) is 11.7. The molecule has 1 saturated heterocycles. The summed E-state index contributed by atoms with van der Waals surface area (Å²) in [4.78, 5) is 19.6. The molecule has 186 valence electrons. The molecule has 2 heterocycles. The molecule has 6 aliphatic rings. The van der Waals surface area contributed by atoms with E-state index in [0.29, 0.717) is 22.7 Å². The van der Waals surface area contributed by atoms with Gasteiger partial charge in [-0.15, -0.1) is 0 Å². The van der Waals surface area contributed by atoms with E-state index in [1.807, 2.05) is 36.4 Å². The average Bonchev–Trinajstić information content (AvgIpc) is 3.50. The normalized spacial score (nSPS) is 32.1. The van der Waals surface area contributed by atoms with Gasteiger partial charge in [0.25, 0.3) is 5.91 Å². The molecule has 4 aliphatic carbocycles. The van der Waals surface area contributed by atoms with Crippen LogP contribution >= 0.6 is 11.8 Å². The van der Waals surface area contributed by atoms with E-state index < -0.39 is 5.82 Å². The SMILES string of the molecule is O=C1N=C(N2CCCC2)SC1=Cc1cccc(-c2cc(F)c(O)c(C34CC5CC(CC(C5)C3)C4)c2)c1. The number of carbonyl (C=O) groups excluding carboxylic acids is 1. The van der Waals surface area contributed by atoms with Crippen LogP contribution in [0.1, 0.15) is 62.5 Å². The summed E-state index contributed by atoms with van der Waals surface area (Å²) in [6.45, 7) is 1.92. The van der Waals surface area contributed by atoms with E-state index in [0.717, 1.165) is 72.6 Å². The lowest BCUT2D eigenvalue weighted by Crippen LogP contribution is -2.48. The van der Waals surface area contributed by atoms with Gasteiger partial charge in [-0.3, -0.25) is 4.79 Å². The van der Waals surface area contributed by atoms with Crippen LogP contribution in [0.25, 0.3) is 17.2 Å². The molecule has 8 rings (SSSR count). The summed E-state index contributed by atoms with van der Waals surface area (Å²) in [5.41, 5.74) is 3.29. The Morgan fingerprint density at radius 1 is 1.00 bits per heavy atom. The van der Waals surface area contributed by atoms with E-state index in [2.05, 4.69) is 9.89 Å². The van der Waals surface area contributed by atoms with Gasteiger partial charge in [-0.2, -0.15) is 4.99 Å². The number of nitrogens with zero attached hydrogens (tertiary/aromatic N) is 2. The van der Waals surface area contributed by atoms with Crippen LogP contribution in [0.5, 0.6) is 5.75 Å². The molecule has 0 radical (unpaired) electrons. The number of amides is 1. The van der Waals surface area contributed by atoms with E-state index >= 15 is 4.39 Å². The maximum Gasteiger partial charge on any atom is 0.286 e. The van der Waals surface area contributed by atoms with Gasteiger partial charge in [-0.05, 0) is 127 Å². The maximum atomic E-state index is 15.2. The van der Waals surface area contributed by atoms with Crippen molar-refractivity contribution in [2.45, 2.75) is 56.8 Å². The number of rotatable bonds is 3. The van der Waals surface area contributed by atoms with Gasteiger partial charge in [0.1, 0.15) is 0 Å². The summed E-state index contributed by atoms with van der Waals surface area (Å²) in [6, 6.07) is 11.4. The van der Waals surface area contributed by atoms with E-state index in [9.17, 15) is 9.90 Å². The van der Waals surface area contributed by atoms with Gasteiger partial charge in [0.15, 0.2) is 16.7 Å². The van der Waals surface area contributed by atoms with Crippen molar-refractivity contribution in [2.75, 3.05) is 13.1 Å². The largest absolute Gasteiger partial charge is 0.505 e. The number of likely N-dealkylation sites (tertiary alicyclic amines) is 1. The Hall–Kier alpha value is -2.60. The standard InChI is InChI=1S/C30H31FN2O2S/c31-25-14-23(13-24(27(25)34)30-15-19-8-20(16-30)10-21(9-19)17-30)22-5-3-4-18(11-22)12-26-28(35)32-29(36-26)33-6-1-2-7-33/h3-5,11-14,19-21,34H,1-2,6-10,15-17H2. The smallest absolute Gasteiger partial charge is 0.286 e. The summed E-state index contributed by atoms with van der Waals surface area (Å²) in [5.74, 6) is 1.27. The molecule has 0 spiro atoms. The first kappa shape index (κ1) is 22.6. The van der Waals surface area contributed by atoms with Crippen molar-refractivity contribution in [3.63, 3.8) is 0 Å². The highest BCUT2D eigenvalue weighted by Gasteiger charge is 2.52. The third kappa shape index (κ3) is 3.80. The van der Waals surface area contributed by atoms with Gasteiger partial charge in [0, 0.05) is 18.7 Å². The second-order valence-electron chi connectivity index (χ2n) is 11.7. The van der Waals surface area contributed by atoms with Gasteiger partial charge in [0.05, 0.1) is 4.91 Å².